The van der Waals surface area contributed by atoms with Gasteiger partial charge >= 0.3 is 11.9 Å². The van der Waals surface area contributed by atoms with Gasteiger partial charge in [-0.1, -0.05) is 0 Å². The Kier molecular flexibility index (Phi) is 12.0. The summed E-state index contributed by atoms with van der Waals surface area (Å²) < 4.78 is 0. The molecule has 1 aliphatic heterocycles. The van der Waals surface area contributed by atoms with Crippen molar-refractivity contribution in [1.82, 2.24) is 26.6 Å². The summed E-state index contributed by atoms with van der Waals surface area (Å²) in [7, 11) is 0. The average Bonchev–Trinajstić information content (AvgIpc) is 3.30. The molecule has 1 fully saturated rings. The van der Waals surface area contributed by atoms with Gasteiger partial charge in [0.05, 0.1) is 19.1 Å². The summed E-state index contributed by atoms with van der Waals surface area (Å²) in [5.74, 6) is -6.28. The van der Waals surface area contributed by atoms with E-state index in [4.69, 9.17) is 10.8 Å². The number of primary amides is 1. The van der Waals surface area contributed by atoms with E-state index in [1.54, 1.807) is 0 Å². The molecule has 15 heteroatoms. The van der Waals surface area contributed by atoms with Gasteiger partial charge in [0.1, 0.15) is 12.1 Å². The van der Waals surface area contributed by atoms with Gasteiger partial charge in [0.25, 0.3) is 0 Å². The molecule has 0 aromatic heterocycles. The van der Waals surface area contributed by atoms with E-state index in [1.807, 2.05) is 0 Å². The second-order valence-corrected chi connectivity index (χ2v) is 7.60. The largest absolute Gasteiger partial charge is 0.481 e. The van der Waals surface area contributed by atoms with E-state index >= 15 is 0 Å². The first-order valence-corrected chi connectivity index (χ1v) is 10.6. The third kappa shape index (κ3) is 11.2. The summed E-state index contributed by atoms with van der Waals surface area (Å²) in [6.45, 7) is -0.209. The molecule has 1 aliphatic rings. The van der Waals surface area contributed by atoms with Crippen LogP contribution in [0.15, 0.2) is 0 Å². The molecule has 0 bridgehead atoms. The van der Waals surface area contributed by atoms with Crippen molar-refractivity contribution >= 4 is 41.5 Å². The van der Waals surface area contributed by atoms with Crippen LogP contribution < -0.4 is 32.3 Å². The molecule has 190 valence electrons. The highest BCUT2D eigenvalue weighted by Crippen LogP contribution is 2.04. The zero-order valence-corrected chi connectivity index (χ0v) is 18.4. The van der Waals surface area contributed by atoms with E-state index in [-0.39, 0.29) is 31.3 Å². The van der Waals surface area contributed by atoms with Crippen molar-refractivity contribution in [2.24, 2.45) is 5.73 Å². The van der Waals surface area contributed by atoms with Crippen molar-refractivity contribution in [3.8, 4) is 0 Å². The lowest BCUT2D eigenvalue weighted by Crippen LogP contribution is -2.53. The van der Waals surface area contributed by atoms with Gasteiger partial charge in [-0.2, -0.15) is 0 Å². The first-order valence-electron chi connectivity index (χ1n) is 10.6. The summed E-state index contributed by atoms with van der Waals surface area (Å²) in [6.07, 6.45) is 0.0285. The fourth-order valence-corrected chi connectivity index (χ4v) is 3.04. The summed E-state index contributed by atoms with van der Waals surface area (Å²) in [5, 5.41) is 29.9. The maximum absolute atomic E-state index is 12.5. The molecule has 1 rings (SSSR count). The van der Waals surface area contributed by atoms with E-state index in [1.165, 1.54) is 0 Å². The molecule has 3 atom stereocenters. The lowest BCUT2D eigenvalue weighted by atomic mass is 10.1. The number of carboxylic acid groups (broad SMARTS) is 2. The van der Waals surface area contributed by atoms with Crippen LogP contribution in [-0.4, -0.2) is 89.4 Å². The van der Waals surface area contributed by atoms with E-state index in [2.05, 4.69) is 26.6 Å². The molecular weight excluding hydrogens is 456 g/mol. The summed E-state index contributed by atoms with van der Waals surface area (Å²) in [6, 6.07) is -3.27. The Labute approximate surface area is 194 Å². The van der Waals surface area contributed by atoms with Crippen LogP contribution in [0, 0.1) is 0 Å². The third-order valence-electron chi connectivity index (χ3n) is 4.84. The van der Waals surface area contributed by atoms with Crippen molar-refractivity contribution in [3.05, 3.63) is 0 Å². The molecule has 9 N–H and O–H groups in total. The Hall–Kier alpha value is -3.75. The minimum atomic E-state index is -1.53. The molecule has 0 spiro atoms. The molecule has 0 radical (unpaired) electrons. The van der Waals surface area contributed by atoms with E-state index < -0.39 is 67.0 Å². The van der Waals surface area contributed by atoms with Crippen molar-refractivity contribution in [1.29, 1.82) is 0 Å². The predicted octanol–water partition coefficient (Wildman–Crippen LogP) is -3.84. The Morgan fingerprint density at radius 1 is 0.882 bits per heavy atom. The van der Waals surface area contributed by atoms with Gasteiger partial charge in [-0.25, -0.2) is 4.79 Å². The molecule has 15 nitrogen and oxygen atoms in total. The maximum atomic E-state index is 12.5. The standard InChI is InChI=1S/C19H30N6O9/c20-13(26)5-3-11(18(32)25-12(19(33)34)4-6-16(29)30)24-15(28)9-22-14(27)8-23-17(31)10-2-1-7-21-10/h10-12,21H,1-9H2,(H2,20,26)(H,22,27)(H,23,31)(H,24,28)(H,25,32)(H,29,30)(H,33,34)/t10-,11-,12-/m0/s1. The molecule has 34 heavy (non-hydrogen) atoms. The first-order chi connectivity index (χ1) is 16.0. The normalized spacial score (nSPS) is 16.5. The van der Waals surface area contributed by atoms with Crippen LogP contribution in [0.5, 0.6) is 0 Å². The number of rotatable bonds is 15. The highest BCUT2D eigenvalue weighted by atomic mass is 16.4. The van der Waals surface area contributed by atoms with Gasteiger partial charge in [-0.3, -0.25) is 28.8 Å². The molecule has 1 saturated heterocycles. The van der Waals surface area contributed by atoms with E-state index in [0.717, 1.165) is 6.42 Å². The number of nitrogens with one attached hydrogen (secondary N) is 5. The molecule has 0 aromatic rings. The average molecular weight is 486 g/mol. The SMILES string of the molecule is NC(=O)CC[C@H](NC(=O)CNC(=O)CNC(=O)[C@@H]1CCCN1)C(=O)N[C@@H](CCC(=O)O)C(=O)O. The highest BCUT2D eigenvalue weighted by Gasteiger charge is 2.27. The number of aliphatic carboxylic acids is 2. The molecule has 1 heterocycles. The van der Waals surface area contributed by atoms with E-state index in [0.29, 0.717) is 13.0 Å². The number of nitrogens with two attached hydrogens (primary N) is 1. The van der Waals surface area contributed by atoms with Crippen LogP contribution in [0.2, 0.25) is 0 Å². The zero-order chi connectivity index (χ0) is 25.7. The predicted molar refractivity (Wildman–Crippen MR) is 114 cm³/mol. The first kappa shape index (κ1) is 28.3. The van der Waals surface area contributed by atoms with Gasteiger partial charge in [-0.05, 0) is 32.2 Å². The molecule has 0 unspecified atom stereocenters. The number of hydrogen-bond acceptors (Lipinski definition) is 8. The zero-order valence-electron chi connectivity index (χ0n) is 18.4. The topological polar surface area (TPSA) is 246 Å². The van der Waals surface area contributed by atoms with Gasteiger partial charge < -0.3 is 42.5 Å². The fourth-order valence-electron chi connectivity index (χ4n) is 3.04. The van der Waals surface area contributed by atoms with Crippen molar-refractivity contribution in [2.45, 2.75) is 56.7 Å². The van der Waals surface area contributed by atoms with Gasteiger partial charge in [-0.15, -0.1) is 0 Å². The smallest absolute Gasteiger partial charge is 0.326 e. The molecule has 5 amide bonds. The lowest BCUT2D eigenvalue weighted by molar-refractivity contribution is -0.143. The van der Waals surface area contributed by atoms with Crippen molar-refractivity contribution < 1.29 is 43.8 Å². The Morgan fingerprint density at radius 2 is 1.53 bits per heavy atom. The fraction of sp³-hybridized carbons (Fsp3) is 0.632. The number of hydrogen-bond donors (Lipinski definition) is 8. The summed E-state index contributed by atoms with van der Waals surface area (Å²) in [4.78, 5) is 81.4. The Morgan fingerprint density at radius 3 is 2.09 bits per heavy atom. The number of carbonyl (C=O) groups excluding carboxylic acids is 5. The molecular formula is C19H30N6O9. The molecule has 0 saturated carbocycles. The minimum absolute atomic E-state index is 0.253. The van der Waals surface area contributed by atoms with Gasteiger partial charge in [0.15, 0.2) is 0 Å². The van der Waals surface area contributed by atoms with Crippen LogP contribution in [0.4, 0.5) is 0 Å². The second-order valence-electron chi connectivity index (χ2n) is 7.60. The van der Waals surface area contributed by atoms with Gasteiger partial charge in [0, 0.05) is 12.8 Å². The number of carbonyl (C=O) groups is 7. The Bertz CT molecular complexity index is 797. The van der Waals surface area contributed by atoms with Crippen LogP contribution in [-0.2, 0) is 33.6 Å². The van der Waals surface area contributed by atoms with Crippen LogP contribution in [0.3, 0.4) is 0 Å². The van der Waals surface area contributed by atoms with Crippen molar-refractivity contribution in [2.75, 3.05) is 19.6 Å². The van der Waals surface area contributed by atoms with E-state index in [9.17, 15) is 38.7 Å². The number of carboxylic acids is 2. The Balaban J connectivity index is 2.57. The number of amides is 5. The van der Waals surface area contributed by atoms with Gasteiger partial charge in [0.2, 0.25) is 29.5 Å². The van der Waals surface area contributed by atoms with Crippen LogP contribution in [0.1, 0.15) is 38.5 Å². The monoisotopic (exact) mass is 486 g/mol. The molecule has 0 aliphatic carbocycles. The summed E-state index contributed by atoms with van der Waals surface area (Å²) in [5.41, 5.74) is 5.06. The quantitative estimate of drug-likeness (QED) is 0.112. The summed E-state index contributed by atoms with van der Waals surface area (Å²) >= 11 is 0. The highest BCUT2D eigenvalue weighted by molar-refractivity contribution is 5.93. The minimum Gasteiger partial charge on any atom is -0.481 e. The van der Waals surface area contributed by atoms with Crippen LogP contribution in [0.25, 0.3) is 0 Å². The van der Waals surface area contributed by atoms with Crippen molar-refractivity contribution in [3.63, 3.8) is 0 Å². The lowest BCUT2D eigenvalue weighted by Gasteiger charge is -2.21. The third-order valence-corrected chi connectivity index (χ3v) is 4.84. The van der Waals surface area contributed by atoms with Crippen LogP contribution >= 0.6 is 0 Å². The second kappa shape index (κ2) is 14.4. The molecule has 0 aromatic carbocycles. The maximum Gasteiger partial charge on any atom is 0.326 e.